The Balaban J connectivity index is 5.10. The standard InChI is InChI=1S/C6H3F7O/c1-2-14-4(8)3(7)5(9,10)6(11,12)13/h2H,1H2. The van der Waals surface area contributed by atoms with Crippen LogP contribution in [-0.4, -0.2) is 12.1 Å². The number of alkyl halides is 5. The largest absolute Gasteiger partial charge is 0.460 e. The zero-order valence-electron chi connectivity index (χ0n) is 6.34. The third kappa shape index (κ3) is 2.39. The summed E-state index contributed by atoms with van der Waals surface area (Å²) in [5.41, 5.74) is 0. The summed E-state index contributed by atoms with van der Waals surface area (Å²) in [4.78, 5) is 0. The lowest BCUT2D eigenvalue weighted by atomic mass is 10.3. The quantitative estimate of drug-likeness (QED) is 0.527. The molecule has 0 N–H and O–H groups in total. The van der Waals surface area contributed by atoms with Gasteiger partial charge in [-0.25, -0.2) is 0 Å². The molecular weight excluding hydrogens is 221 g/mol. The van der Waals surface area contributed by atoms with Crippen molar-refractivity contribution in [2.75, 3.05) is 0 Å². The first-order valence-corrected chi connectivity index (χ1v) is 2.92. The Morgan fingerprint density at radius 3 is 1.79 bits per heavy atom. The third-order valence-electron chi connectivity index (χ3n) is 0.991. The number of hydrogen-bond acceptors (Lipinski definition) is 1. The van der Waals surface area contributed by atoms with Crippen LogP contribution in [0.4, 0.5) is 30.7 Å². The minimum atomic E-state index is -6.22. The lowest BCUT2D eigenvalue weighted by Gasteiger charge is -2.17. The van der Waals surface area contributed by atoms with Crippen LogP contribution in [0.2, 0.25) is 0 Å². The Hall–Kier alpha value is -1.21. The van der Waals surface area contributed by atoms with Crippen LogP contribution >= 0.6 is 0 Å². The fraction of sp³-hybridized carbons (Fsp3) is 0.333. The molecule has 0 spiro atoms. The lowest BCUT2D eigenvalue weighted by molar-refractivity contribution is -0.272. The molecule has 0 bridgehead atoms. The van der Waals surface area contributed by atoms with Gasteiger partial charge in [-0.2, -0.15) is 30.7 Å². The second-order valence-electron chi connectivity index (χ2n) is 1.94. The summed E-state index contributed by atoms with van der Waals surface area (Å²) in [6, 6.07) is -2.68. The van der Waals surface area contributed by atoms with Crippen LogP contribution in [0.15, 0.2) is 24.7 Å². The number of ether oxygens (including phenoxy) is 1. The van der Waals surface area contributed by atoms with E-state index in [1.54, 1.807) is 0 Å². The average Bonchev–Trinajstić information content (AvgIpc) is 2.01. The van der Waals surface area contributed by atoms with Crippen LogP contribution in [0.1, 0.15) is 0 Å². The molecule has 0 aromatic heterocycles. The van der Waals surface area contributed by atoms with E-state index in [0.717, 1.165) is 0 Å². The van der Waals surface area contributed by atoms with Crippen molar-refractivity contribution in [3.8, 4) is 0 Å². The van der Waals surface area contributed by atoms with E-state index in [1.165, 1.54) is 0 Å². The molecule has 14 heavy (non-hydrogen) atoms. The molecule has 0 fully saturated rings. The van der Waals surface area contributed by atoms with Crippen molar-refractivity contribution in [3.63, 3.8) is 0 Å². The van der Waals surface area contributed by atoms with Crippen molar-refractivity contribution in [3.05, 3.63) is 24.7 Å². The van der Waals surface area contributed by atoms with Crippen molar-refractivity contribution in [1.29, 1.82) is 0 Å². The van der Waals surface area contributed by atoms with E-state index in [1.807, 2.05) is 0 Å². The van der Waals surface area contributed by atoms with Gasteiger partial charge in [-0.3, -0.25) is 0 Å². The Kier molecular flexibility index (Phi) is 3.55. The van der Waals surface area contributed by atoms with Gasteiger partial charge in [-0.05, 0) is 0 Å². The highest BCUT2D eigenvalue weighted by Crippen LogP contribution is 2.43. The maximum atomic E-state index is 12.1. The first-order valence-electron chi connectivity index (χ1n) is 2.92. The van der Waals surface area contributed by atoms with Gasteiger partial charge in [0.2, 0.25) is 0 Å². The van der Waals surface area contributed by atoms with Gasteiger partial charge in [-0.1, -0.05) is 6.58 Å². The van der Waals surface area contributed by atoms with E-state index >= 15 is 0 Å². The zero-order chi connectivity index (χ0) is 11.6. The summed E-state index contributed by atoms with van der Waals surface area (Å²) < 4.78 is 85.7. The lowest BCUT2D eigenvalue weighted by Crippen LogP contribution is -2.37. The maximum Gasteiger partial charge on any atom is 0.460 e. The SMILES string of the molecule is C=COC(F)=C(F)C(F)(F)C(F)(F)F. The Labute approximate surface area is 73.5 Å². The van der Waals surface area contributed by atoms with Gasteiger partial charge in [0.05, 0.1) is 6.26 Å². The maximum absolute atomic E-state index is 12.1. The first kappa shape index (κ1) is 12.8. The normalized spacial score (nSPS) is 14.8. The Bertz CT molecular complexity index is 251. The molecule has 0 radical (unpaired) electrons. The molecule has 0 heterocycles. The number of hydrogen-bond donors (Lipinski definition) is 0. The van der Waals surface area contributed by atoms with Crippen molar-refractivity contribution < 1.29 is 35.5 Å². The molecule has 1 nitrogen and oxygen atoms in total. The minimum absolute atomic E-state index is 0.168. The molecule has 0 aromatic rings. The van der Waals surface area contributed by atoms with Crippen molar-refractivity contribution >= 4 is 0 Å². The molecule has 0 saturated carbocycles. The summed E-state index contributed by atoms with van der Waals surface area (Å²) in [6.07, 6.45) is -6.06. The molecule has 0 rings (SSSR count). The van der Waals surface area contributed by atoms with Gasteiger partial charge < -0.3 is 4.74 Å². The molecule has 0 saturated heterocycles. The number of rotatable bonds is 3. The fourth-order valence-corrected chi connectivity index (χ4v) is 0.373. The van der Waals surface area contributed by atoms with Gasteiger partial charge in [0.1, 0.15) is 0 Å². The van der Waals surface area contributed by atoms with E-state index in [2.05, 4.69) is 11.3 Å². The van der Waals surface area contributed by atoms with E-state index in [4.69, 9.17) is 0 Å². The summed E-state index contributed by atoms with van der Waals surface area (Å²) in [7, 11) is 0. The van der Waals surface area contributed by atoms with E-state index in [-0.39, 0.29) is 6.26 Å². The summed E-state index contributed by atoms with van der Waals surface area (Å²) in [5, 5.41) is 0. The first-order chi connectivity index (χ1) is 6.14. The van der Waals surface area contributed by atoms with Crippen molar-refractivity contribution in [2.24, 2.45) is 0 Å². The number of allylic oxidation sites excluding steroid dienone is 1. The average molecular weight is 224 g/mol. The number of halogens is 7. The second-order valence-corrected chi connectivity index (χ2v) is 1.94. The molecular formula is C6H3F7O. The van der Waals surface area contributed by atoms with Crippen LogP contribution < -0.4 is 0 Å². The van der Waals surface area contributed by atoms with Crippen LogP contribution in [0, 0.1) is 0 Å². The highest BCUT2D eigenvalue weighted by atomic mass is 19.4. The second kappa shape index (κ2) is 3.89. The Morgan fingerprint density at radius 1 is 1.07 bits per heavy atom. The molecule has 0 aliphatic rings. The predicted molar refractivity (Wildman–Crippen MR) is 31.5 cm³/mol. The van der Waals surface area contributed by atoms with Crippen LogP contribution in [-0.2, 0) is 4.74 Å². The molecule has 0 aliphatic carbocycles. The van der Waals surface area contributed by atoms with Crippen LogP contribution in [0.3, 0.4) is 0 Å². The van der Waals surface area contributed by atoms with Gasteiger partial charge >= 0.3 is 18.1 Å². The van der Waals surface area contributed by atoms with E-state index in [9.17, 15) is 30.7 Å². The molecule has 0 aromatic carbocycles. The van der Waals surface area contributed by atoms with Crippen molar-refractivity contribution in [2.45, 2.75) is 12.1 Å². The third-order valence-corrected chi connectivity index (χ3v) is 0.991. The minimum Gasteiger partial charge on any atom is -0.438 e. The molecule has 0 atom stereocenters. The molecule has 0 unspecified atom stereocenters. The smallest absolute Gasteiger partial charge is 0.438 e. The molecule has 8 heteroatoms. The predicted octanol–water partition coefficient (Wildman–Crippen LogP) is 3.45. The van der Waals surface area contributed by atoms with E-state index in [0.29, 0.717) is 0 Å². The van der Waals surface area contributed by atoms with Crippen LogP contribution in [0.25, 0.3) is 0 Å². The van der Waals surface area contributed by atoms with Gasteiger partial charge in [-0.15, -0.1) is 0 Å². The summed E-state index contributed by atoms with van der Waals surface area (Å²) in [6.45, 7) is 2.64. The molecule has 0 aliphatic heterocycles. The monoisotopic (exact) mass is 224 g/mol. The van der Waals surface area contributed by atoms with Gasteiger partial charge in [0, 0.05) is 0 Å². The highest BCUT2D eigenvalue weighted by Gasteiger charge is 2.63. The van der Waals surface area contributed by atoms with Gasteiger partial charge in [0.25, 0.3) is 5.83 Å². The highest BCUT2D eigenvalue weighted by molar-refractivity contribution is 5.09. The topological polar surface area (TPSA) is 9.23 Å². The van der Waals surface area contributed by atoms with Gasteiger partial charge in [0.15, 0.2) is 0 Å². The van der Waals surface area contributed by atoms with Crippen LogP contribution in [0.5, 0.6) is 0 Å². The fourth-order valence-electron chi connectivity index (χ4n) is 0.373. The zero-order valence-corrected chi connectivity index (χ0v) is 6.34. The Morgan fingerprint density at radius 2 is 1.50 bits per heavy atom. The molecule has 0 amide bonds. The van der Waals surface area contributed by atoms with Crippen molar-refractivity contribution in [1.82, 2.24) is 0 Å². The summed E-state index contributed by atoms with van der Waals surface area (Å²) >= 11 is 0. The van der Waals surface area contributed by atoms with E-state index < -0.39 is 23.9 Å². The molecule has 82 valence electrons. The summed E-state index contributed by atoms with van der Waals surface area (Å²) in [5.74, 6) is -9.26.